The average Bonchev–Trinajstić information content (AvgIpc) is 3.24. The van der Waals surface area contributed by atoms with Gasteiger partial charge in [-0.15, -0.1) is 0 Å². The highest BCUT2D eigenvalue weighted by Crippen LogP contribution is 2.57. The van der Waals surface area contributed by atoms with Gasteiger partial charge in [-0.2, -0.15) is 0 Å². The Morgan fingerprint density at radius 2 is 1.80 bits per heavy atom. The Hall–Kier alpha value is -2.27. The van der Waals surface area contributed by atoms with Crippen molar-refractivity contribution in [3.05, 3.63) is 60.2 Å². The first-order valence-corrected chi connectivity index (χ1v) is 11.1. The molecule has 0 N–H and O–H groups in total. The van der Waals surface area contributed by atoms with Crippen LogP contribution in [0, 0.1) is 22.7 Å². The van der Waals surface area contributed by atoms with Crippen LogP contribution in [0.4, 0.5) is 0 Å². The second kappa shape index (κ2) is 9.25. The summed E-state index contributed by atoms with van der Waals surface area (Å²) in [6, 6.07) is 18.3. The molecule has 0 heterocycles. The summed E-state index contributed by atoms with van der Waals surface area (Å²) in [4.78, 5) is 20.3. The van der Waals surface area contributed by atoms with Crippen molar-refractivity contribution in [1.29, 1.82) is 0 Å². The lowest BCUT2D eigenvalue weighted by Crippen LogP contribution is -2.12. The third-order valence-corrected chi connectivity index (χ3v) is 6.21. The van der Waals surface area contributed by atoms with E-state index in [-0.39, 0.29) is 35.2 Å². The number of carbonyl (C=O) groups excluding carboxylic acids is 1. The van der Waals surface area contributed by atoms with Crippen molar-refractivity contribution in [2.45, 2.75) is 51.0 Å². The molecule has 2 aromatic carbocycles. The Balaban J connectivity index is 1.52. The number of esters is 1. The van der Waals surface area contributed by atoms with Crippen LogP contribution in [0.1, 0.15) is 40.2 Å². The van der Waals surface area contributed by atoms with E-state index in [9.17, 15) is 4.79 Å². The largest absolute Gasteiger partial charge is 0.461 e. The molecule has 2 atom stereocenters. The second-order valence-electron chi connectivity index (χ2n) is 9.58. The van der Waals surface area contributed by atoms with Crippen molar-refractivity contribution in [3.63, 3.8) is 0 Å². The third kappa shape index (κ3) is 6.11. The van der Waals surface area contributed by atoms with Crippen LogP contribution >= 0.6 is 11.8 Å². The molecule has 0 aromatic heterocycles. The van der Waals surface area contributed by atoms with Gasteiger partial charge < -0.3 is 9.57 Å². The smallest absolute Gasteiger partial charge is 0.310 e. The predicted octanol–water partition coefficient (Wildman–Crippen LogP) is 6.20. The van der Waals surface area contributed by atoms with Gasteiger partial charge in [0.1, 0.15) is 13.2 Å². The fraction of sp³-hybridized carbons (Fsp3) is 0.440. The Bertz CT molecular complexity index is 887. The van der Waals surface area contributed by atoms with E-state index in [0.717, 1.165) is 10.5 Å². The van der Waals surface area contributed by atoms with Gasteiger partial charge in [-0.1, -0.05) is 81.9 Å². The molecule has 1 fully saturated rings. The summed E-state index contributed by atoms with van der Waals surface area (Å²) < 4.78 is 5.63. The molecule has 0 aliphatic heterocycles. The number of oxime groups is 1. The standard InChI is InChI=1S/C25H31NO3S/c1-24(2,3)17-29-26-15-21-22(25(21,4)5)23(27)28-16-18-10-9-13-20(14-18)30-19-11-7-6-8-12-19/h6-15,21-22H,16-17H2,1-5H3/t21-,22-/m0/s1. The molecule has 0 saturated heterocycles. The Labute approximate surface area is 184 Å². The molecule has 2 aromatic rings. The first-order valence-electron chi connectivity index (χ1n) is 10.3. The Morgan fingerprint density at radius 1 is 1.10 bits per heavy atom. The topological polar surface area (TPSA) is 47.9 Å². The highest BCUT2D eigenvalue weighted by molar-refractivity contribution is 7.99. The van der Waals surface area contributed by atoms with Gasteiger partial charge in [0.15, 0.2) is 0 Å². The van der Waals surface area contributed by atoms with Gasteiger partial charge in [0.2, 0.25) is 0 Å². The summed E-state index contributed by atoms with van der Waals surface area (Å²) in [5.41, 5.74) is 0.889. The molecule has 30 heavy (non-hydrogen) atoms. The van der Waals surface area contributed by atoms with Gasteiger partial charge in [0.25, 0.3) is 0 Å². The van der Waals surface area contributed by atoms with Gasteiger partial charge in [-0.05, 0) is 40.7 Å². The van der Waals surface area contributed by atoms with Crippen molar-refractivity contribution in [2.75, 3.05) is 6.61 Å². The molecule has 4 nitrogen and oxygen atoms in total. The van der Waals surface area contributed by atoms with Crippen molar-refractivity contribution in [3.8, 4) is 0 Å². The second-order valence-corrected chi connectivity index (χ2v) is 10.7. The molecular formula is C25H31NO3S. The van der Waals surface area contributed by atoms with E-state index in [1.54, 1.807) is 18.0 Å². The maximum atomic E-state index is 12.6. The molecule has 0 spiro atoms. The molecule has 3 rings (SSSR count). The summed E-state index contributed by atoms with van der Waals surface area (Å²) in [5, 5.41) is 4.08. The SMILES string of the molecule is CC(C)(C)CON=C[C@H]1[C@@H](C(=O)OCc2cccc(Sc3ccccc3)c2)C1(C)C. The summed E-state index contributed by atoms with van der Waals surface area (Å²) in [6.07, 6.45) is 1.76. The van der Waals surface area contributed by atoms with E-state index in [1.807, 2.05) is 30.3 Å². The van der Waals surface area contributed by atoms with Crippen molar-refractivity contribution in [1.82, 2.24) is 0 Å². The zero-order valence-electron chi connectivity index (χ0n) is 18.4. The van der Waals surface area contributed by atoms with Crippen LogP contribution in [0.3, 0.4) is 0 Å². The number of hydrogen-bond donors (Lipinski definition) is 0. The van der Waals surface area contributed by atoms with E-state index >= 15 is 0 Å². The van der Waals surface area contributed by atoms with Crippen molar-refractivity contribution in [2.24, 2.45) is 27.8 Å². The highest BCUT2D eigenvalue weighted by Gasteiger charge is 2.62. The summed E-state index contributed by atoms with van der Waals surface area (Å²) in [7, 11) is 0. The Kier molecular flexibility index (Phi) is 6.91. The molecule has 1 aliphatic rings. The van der Waals surface area contributed by atoms with E-state index in [4.69, 9.17) is 9.57 Å². The first kappa shape index (κ1) is 22.4. The van der Waals surface area contributed by atoms with Crippen LogP contribution in [0.5, 0.6) is 0 Å². The van der Waals surface area contributed by atoms with Crippen LogP contribution in [0.2, 0.25) is 0 Å². The molecule has 0 amide bonds. The maximum absolute atomic E-state index is 12.6. The van der Waals surface area contributed by atoms with Gasteiger partial charge >= 0.3 is 5.97 Å². The van der Waals surface area contributed by atoms with Gasteiger partial charge in [0, 0.05) is 21.9 Å². The first-order chi connectivity index (χ1) is 14.2. The normalized spacial score (nSPS) is 20.2. The zero-order valence-corrected chi connectivity index (χ0v) is 19.2. The lowest BCUT2D eigenvalue weighted by Gasteiger charge is -2.15. The summed E-state index contributed by atoms with van der Waals surface area (Å²) in [6.45, 7) is 11.2. The van der Waals surface area contributed by atoms with Crippen LogP contribution in [-0.2, 0) is 21.0 Å². The minimum absolute atomic E-state index is 0.0462. The lowest BCUT2D eigenvalue weighted by atomic mass is 9.99. The number of benzene rings is 2. The van der Waals surface area contributed by atoms with Crippen molar-refractivity contribution >= 4 is 23.9 Å². The zero-order chi connectivity index (χ0) is 21.8. The fourth-order valence-corrected chi connectivity index (χ4v) is 4.24. The molecule has 1 aliphatic carbocycles. The average molecular weight is 426 g/mol. The molecule has 0 radical (unpaired) electrons. The van der Waals surface area contributed by atoms with Gasteiger partial charge in [-0.3, -0.25) is 4.79 Å². The summed E-state index contributed by atoms with van der Waals surface area (Å²) >= 11 is 1.70. The maximum Gasteiger partial charge on any atom is 0.310 e. The monoisotopic (exact) mass is 425 g/mol. The van der Waals surface area contributed by atoms with Gasteiger partial charge in [-0.25, -0.2) is 0 Å². The number of ether oxygens (including phenoxy) is 1. The van der Waals surface area contributed by atoms with Crippen LogP contribution in [0.15, 0.2) is 69.5 Å². The lowest BCUT2D eigenvalue weighted by molar-refractivity contribution is -0.147. The number of nitrogens with zero attached hydrogens (tertiary/aromatic N) is 1. The number of carbonyl (C=O) groups is 1. The van der Waals surface area contributed by atoms with Gasteiger partial charge in [0.05, 0.1) is 5.92 Å². The van der Waals surface area contributed by atoms with Crippen LogP contribution in [0.25, 0.3) is 0 Å². The molecule has 160 valence electrons. The summed E-state index contributed by atoms with van der Waals surface area (Å²) in [5.74, 6) is -0.306. The van der Waals surface area contributed by atoms with E-state index in [1.165, 1.54) is 4.90 Å². The predicted molar refractivity (Wildman–Crippen MR) is 121 cm³/mol. The van der Waals surface area contributed by atoms with E-state index in [2.05, 4.69) is 64.0 Å². The quantitative estimate of drug-likeness (QED) is 0.287. The van der Waals surface area contributed by atoms with Crippen LogP contribution < -0.4 is 0 Å². The molecule has 0 bridgehead atoms. The minimum Gasteiger partial charge on any atom is -0.461 e. The minimum atomic E-state index is -0.179. The van der Waals surface area contributed by atoms with E-state index in [0.29, 0.717) is 6.61 Å². The molecular weight excluding hydrogens is 394 g/mol. The number of rotatable bonds is 8. The van der Waals surface area contributed by atoms with Crippen molar-refractivity contribution < 1.29 is 14.4 Å². The fourth-order valence-electron chi connectivity index (χ4n) is 3.31. The highest BCUT2D eigenvalue weighted by atomic mass is 32.2. The molecule has 0 unspecified atom stereocenters. The molecule has 1 saturated carbocycles. The number of hydrogen-bond acceptors (Lipinski definition) is 5. The third-order valence-electron chi connectivity index (χ3n) is 5.22. The van der Waals surface area contributed by atoms with Crippen LogP contribution in [-0.4, -0.2) is 18.8 Å². The molecule has 5 heteroatoms. The Morgan fingerprint density at radius 3 is 2.50 bits per heavy atom. The van der Waals surface area contributed by atoms with E-state index < -0.39 is 0 Å².